The minimum absolute atomic E-state index is 0. The van der Waals surface area contributed by atoms with Crippen molar-refractivity contribution >= 4 is 27.7 Å². The first-order valence-corrected chi connectivity index (χ1v) is 5.61. The van der Waals surface area contributed by atoms with Crippen molar-refractivity contribution in [1.82, 2.24) is 4.98 Å². The maximum Gasteiger partial charge on any atom is 0.140 e. The lowest BCUT2D eigenvalue weighted by atomic mass is 10.0. The number of quaternary nitrogens is 1. The number of rotatable bonds is 0. The predicted octanol–water partition coefficient (Wildman–Crippen LogP) is -2.76. The molecular weight excluding hydrogens is 246 g/mol. The Morgan fingerprint density at radius 2 is 1.72 bits per heavy atom. The number of hydrogen-bond acceptors (Lipinski definition) is 2. The average molecular weight is 256 g/mol. The topological polar surface area (TPSA) is 41.9 Å². The summed E-state index contributed by atoms with van der Waals surface area (Å²) in [4.78, 5) is 4.23. The van der Waals surface area contributed by atoms with Crippen molar-refractivity contribution in [2.45, 2.75) is 0 Å². The number of benzene rings is 2. The molecule has 0 radical (unpaired) electrons. The Bertz CT molecular complexity index is 798. The van der Waals surface area contributed by atoms with Crippen LogP contribution >= 0.6 is 0 Å². The minimum atomic E-state index is 0. The van der Waals surface area contributed by atoms with Crippen molar-refractivity contribution < 1.29 is 17.8 Å². The van der Waals surface area contributed by atoms with E-state index in [0.717, 1.165) is 5.36 Å². The molecule has 88 valence electrons. The van der Waals surface area contributed by atoms with Crippen LogP contribution in [0.5, 0.6) is 0 Å². The molecule has 0 unspecified atom stereocenters. The third-order valence-electron chi connectivity index (χ3n) is 3.28. The summed E-state index contributed by atoms with van der Waals surface area (Å²) in [7, 11) is 0. The lowest BCUT2D eigenvalue weighted by Crippen LogP contribution is -3.00. The molecule has 0 amide bonds. The molecule has 0 bridgehead atoms. The highest BCUT2D eigenvalue weighted by Gasteiger charge is 2.10. The number of aromatic nitrogens is 1. The average Bonchev–Trinajstić information content (AvgIpc) is 2.89. The van der Waals surface area contributed by atoms with Crippen molar-refractivity contribution in [1.29, 1.82) is 0 Å². The second kappa shape index (κ2) is 4.05. The lowest BCUT2D eigenvalue weighted by Gasteiger charge is -2.02. The van der Waals surface area contributed by atoms with Gasteiger partial charge >= 0.3 is 0 Å². The molecule has 0 fully saturated rings. The molecule has 2 heterocycles. The van der Waals surface area contributed by atoms with Crippen LogP contribution in [0.3, 0.4) is 0 Å². The Kier molecular flexibility index (Phi) is 2.51. The van der Waals surface area contributed by atoms with E-state index >= 15 is 0 Å². The van der Waals surface area contributed by atoms with Crippen LogP contribution in [-0.4, -0.2) is 4.98 Å². The van der Waals surface area contributed by atoms with Gasteiger partial charge in [-0.2, -0.15) is 5.43 Å². The van der Waals surface area contributed by atoms with Gasteiger partial charge in [0.1, 0.15) is 11.6 Å². The zero-order chi connectivity index (χ0) is 11.2. The first kappa shape index (κ1) is 11.1. The standard InChI is InChI=1S/C14H9N3.ClH/c1-2-4-11-9(3-1)12-7-15-6-5-10(12)13-8-16-17-14(11)13;/h1-8H,(H,16,17);1H. The molecule has 3 aromatic rings. The lowest BCUT2D eigenvalue weighted by molar-refractivity contribution is -0.559. The molecular formula is C14H10ClN3. The van der Waals surface area contributed by atoms with E-state index in [1.54, 1.807) is 0 Å². The first-order valence-electron chi connectivity index (χ1n) is 5.61. The fourth-order valence-corrected chi connectivity index (χ4v) is 2.54. The van der Waals surface area contributed by atoms with Gasteiger partial charge in [-0.1, -0.05) is 29.4 Å². The van der Waals surface area contributed by atoms with E-state index in [0.29, 0.717) is 0 Å². The Hall–Kier alpha value is -1.97. The summed E-state index contributed by atoms with van der Waals surface area (Å²) in [6.45, 7) is 0. The summed E-state index contributed by atoms with van der Waals surface area (Å²) in [5, 5.41) is 11.6. The molecule has 0 saturated heterocycles. The third kappa shape index (κ3) is 1.35. The highest BCUT2D eigenvalue weighted by Crippen LogP contribution is 2.18. The van der Waals surface area contributed by atoms with E-state index in [2.05, 4.69) is 46.6 Å². The smallest absolute Gasteiger partial charge is 0.140 e. The molecule has 2 aromatic carbocycles. The molecule has 3 nitrogen and oxygen atoms in total. The number of nitrogens with two attached hydrogens (primary N) is 1. The van der Waals surface area contributed by atoms with Gasteiger partial charge in [0.05, 0.1) is 5.22 Å². The normalized spacial score (nSPS) is 12.7. The van der Waals surface area contributed by atoms with E-state index in [4.69, 9.17) is 0 Å². The zero-order valence-corrected chi connectivity index (χ0v) is 10.2. The number of pyridine rings is 1. The van der Waals surface area contributed by atoms with Gasteiger partial charge in [0.2, 0.25) is 0 Å². The molecule has 2 N–H and O–H groups in total. The van der Waals surface area contributed by atoms with Crippen molar-refractivity contribution in [2.75, 3.05) is 0 Å². The van der Waals surface area contributed by atoms with E-state index < -0.39 is 0 Å². The quantitative estimate of drug-likeness (QED) is 0.343. The summed E-state index contributed by atoms with van der Waals surface area (Å²) in [6, 6.07) is 10.4. The summed E-state index contributed by atoms with van der Waals surface area (Å²) >= 11 is 0. The first-order chi connectivity index (χ1) is 8.45. The molecule has 1 aliphatic rings. The van der Waals surface area contributed by atoms with E-state index in [-0.39, 0.29) is 12.4 Å². The maximum atomic E-state index is 4.48. The van der Waals surface area contributed by atoms with Crippen LogP contribution in [0.15, 0.2) is 47.8 Å². The van der Waals surface area contributed by atoms with Gasteiger partial charge in [-0.25, -0.2) is 0 Å². The molecule has 0 atom stereocenters. The SMILES string of the molecule is C1=c2c(c3ccccc3c3cnccc23)=N[NH2+]1.[Cl-]. The molecule has 4 heteroatoms. The third-order valence-corrected chi connectivity index (χ3v) is 3.28. The Morgan fingerprint density at radius 1 is 0.889 bits per heavy atom. The molecule has 0 saturated carbocycles. The van der Waals surface area contributed by atoms with Gasteiger partial charge in [-0.05, 0) is 11.5 Å². The second-order valence-corrected chi connectivity index (χ2v) is 4.17. The maximum absolute atomic E-state index is 4.48. The fraction of sp³-hybridized carbons (Fsp3) is 0. The Balaban J connectivity index is 0.000001000. The van der Waals surface area contributed by atoms with Gasteiger partial charge in [0.25, 0.3) is 0 Å². The number of halogens is 1. The van der Waals surface area contributed by atoms with Gasteiger partial charge in [0.15, 0.2) is 0 Å². The number of fused-ring (bicyclic) bond motifs is 6. The minimum Gasteiger partial charge on any atom is -1.00 e. The molecule has 1 aliphatic heterocycles. The largest absolute Gasteiger partial charge is 1.00 e. The van der Waals surface area contributed by atoms with Crippen LogP contribution in [0.4, 0.5) is 0 Å². The molecule has 0 aliphatic carbocycles. The van der Waals surface area contributed by atoms with Crippen LogP contribution in [0.1, 0.15) is 0 Å². The highest BCUT2D eigenvalue weighted by molar-refractivity contribution is 6.07. The summed E-state index contributed by atoms with van der Waals surface area (Å²) in [5.41, 5.74) is 1.87. The van der Waals surface area contributed by atoms with Crippen molar-refractivity contribution in [3.63, 3.8) is 0 Å². The fourth-order valence-electron chi connectivity index (χ4n) is 2.54. The van der Waals surface area contributed by atoms with Gasteiger partial charge < -0.3 is 12.4 Å². The monoisotopic (exact) mass is 255 g/mol. The van der Waals surface area contributed by atoms with E-state index in [1.807, 2.05) is 17.8 Å². The number of hydrogen-bond donors (Lipinski definition) is 1. The van der Waals surface area contributed by atoms with E-state index in [9.17, 15) is 0 Å². The second-order valence-electron chi connectivity index (χ2n) is 4.17. The Morgan fingerprint density at radius 3 is 2.61 bits per heavy atom. The highest BCUT2D eigenvalue weighted by atomic mass is 35.5. The molecule has 0 spiro atoms. The summed E-state index contributed by atoms with van der Waals surface area (Å²) < 4.78 is 0. The molecule has 4 rings (SSSR count). The van der Waals surface area contributed by atoms with Gasteiger partial charge in [0, 0.05) is 28.6 Å². The van der Waals surface area contributed by atoms with Crippen molar-refractivity contribution in [2.24, 2.45) is 5.10 Å². The molecule has 18 heavy (non-hydrogen) atoms. The van der Waals surface area contributed by atoms with Crippen LogP contribution in [0, 0.1) is 0 Å². The summed E-state index contributed by atoms with van der Waals surface area (Å²) in [6.07, 6.45) is 5.85. The van der Waals surface area contributed by atoms with Crippen LogP contribution in [0.25, 0.3) is 27.7 Å². The zero-order valence-electron chi connectivity index (χ0n) is 9.47. The van der Waals surface area contributed by atoms with Crippen LogP contribution in [-0.2, 0) is 0 Å². The number of nitrogens with zero attached hydrogens (tertiary/aromatic N) is 2. The van der Waals surface area contributed by atoms with Crippen LogP contribution < -0.4 is 28.4 Å². The van der Waals surface area contributed by atoms with Crippen LogP contribution in [0.2, 0.25) is 0 Å². The Labute approximate surface area is 109 Å². The van der Waals surface area contributed by atoms with Crippen molar-refractivity contribution in [3.8, 4) is 0 Å². The van der Waals surface area contributed by atoms with Crippen molar-refractivity contribution in [3.05, 3.63) is 53.3 Å². The van der Waals surface area contributed by atoms with Gasteiger partial charge in [-0.15, -0.1) is 0 Å². The van der Waals surface area contributed by atoms with E-state index in [1.165, 1.54) is 26.8 Å². The van der Waals surface area contributed by atoms with Gasteiger partial charge in [-0.3, -0.25) is 4.98 Å². The predicted molar refractivity (Wildman–Crippen MR) is 66.4 cm³/mol. The summed E-state index contributed by atoms with van der Waals surface area (Å²) in [5.74, 6) is 0. The molecule has 1 aromatic heterocycles.